The topological polar surface area (TPSA) is 59.2 Å². The number of phenolic OH excluding ortho intramolecular Hbond substituents is 1. The van der Waals surface area contributed by atoms with Gasteiger partial charge in [0.1, 0.15) is 5.75 Å². The van der Waals surface area contributed by atoms with Crippen LogP contribution < -0.4 is 0 Å². The maximum Gasteiger partial charge on any atom is 0.258 e. The van der Waals surface area contributed by atoms with Gasteiger partial charge in [0, 0.05) is 11.1 Å². The number of hydrogen-bond acceptors (Lipinski definition) is 4. The smallest absolute Gasteiger partial charge is 0.258 e. The van der Waals surface area contributed by atoms with Crippen LogP contribution in [0.25, 0.3) is 22.8 Å². The van der Waals surface area contributed by atoms with E-state index in [1.54, 1.807) is 18.2 Å². The first kappa shape index (κ1) is 12.4. The summed E-state index contributed by atoms with van der Waals surface area (Å²) in [4.78, 5) is 4.40. The minimum absolute atomic E-state index is 0.181. The zero-order valence-corrected chi connectivity index (χ0v) is 11.3. The lowest BCUT2D eigenvalue weighted by Crippen LogP contribution is -1.85. The average molecular weight is 266 g/mol. The van der Waals surface area contributed by atoms with Gasteiger partial charge in [0.15, 0.2) is 0 Å². The van der Waals surface area contributed by atoms with Gasteiger partial charge in [-0.2, -0.15) is 4.98 Å². The van der Waals surface area contributed by atoms with Crippen LogP contribution in [0.2, 0.25) is 0 Å². The number of aromatic nitrogens is 2. The molecule has 0 saturated carbocycles. The van der Waals surface area contributed by atoms with Crippen LogP contribution in [0.3, 0.4) is 0 Å². The summed E-state index contributed by atoms with van der Waals surface area (Å²) >= 11 is 0. The number of hydrogen-bond donors (Lipinski definition) is 1. The molecule has 0 aliphatic rings. The van der Waals surface area contributed by atoms with E-state index >= 15 is 0 Å². The van der Waals surface area contributed by atoms with E-state index in [0.717, 1.165) is 22.3 Å². The quantitative estimate of drug-likeness (QED) is 0.767. The van der Waals surface area contributed by atoms with E-state index in [2.05, 4.69) is 10.1 Å². The SMILES string of the molecule is Cc1ccc(C)c(-c2nc(-c3cccc(O)c3)no2)c1. The number of phenols is 1. The highest BCUT2D eigenvalue weighted by atomic mass is 16.5. The summed E-state index contributed by atoms with van der Waals surface area (Å²) in [5.41, 5.74) is 3.89. The molecule has 1 heterocycles. The van der Waals surface area contributed by atoms with E-state index in [0.29, 0.717) is 11.7 Å². The second-order valence-corrected chi connectivity index (χ2v) is 4.79. The Morgan fingerprint density at radius 3 is 2.70 bits per heavy atom. The molecule has 20 heavy (non-hydrogen) atoms. The summed E-state index contributed by atoms with van der Waals surface area (Å²) in [5.74, 6) is 1.14. The maximum absolute atomic E-state index is 9.49. The van der Waals surface area contributed by atoms with Crippen molar-refractivity contribution in [3.8, 4) is 28.6 Å². The van der Waals surface area contributed by atoms with Crippen molar-refractivity contribution in [1.29, 1.82) is 0 Å². The zero-order chi connectivity index (χ0) is 14.1. The van der Waals surface area contributed by atoms with Crippen molar-refractivity contribution < 1.29 is 9.63 Å². The van der Waals surface area contributed by atoms with Gasteiger partial charge in [0.25, 0.3) is 5.89 Å². The fraction of sp³-hybridized carbons (Fsp3) is 0.125. The summed E-state index contributed by atoms with van der Waals surface area (Å²) in [6.45, 7) is 4.03. The lowest BCUT2D eigenvalue weighted by Gasteiger charge is -2.01. The molecule has 0 aliphatic heterocycles. The second kappa shape index (κ2) is 4.81. The van der Waals surface area contributed by atoms with Crippen molar-refractivity contribution >= 4 is 0 Å². The molecule has 0 atom stereocenters. The third-order valence-corrected chi connectivity index (χ3v) is 3.15. The lowest BCUT2D eigenvalue weighted by atomic mass is 10.1. The van der Waals surface area contributed by atoms with Crippen LogP contribution in [0.5, 0.6) is 5.75 Å². The predicted octanol–water partition coefficient (Wildman–Crippen LogP) is 3.73. The summed E-state index contributed by atoms with van der Waals surface area (Å²) < 4.78 is 5.34. The highest BCUT2D eigenvalue weighted by Crippen LogP contribution is 2.26. The Morgan fingerprint density at radius 1 is 1.05 bits per heavy atom. The number of rotatable bonds is 2. The highest BCUT2D eigenvalue weighted by Gasteiger charge is 2.13. The first-order chi connectivity index (χ1) is 9.63. The number of aromatic hydroxyl groups is 1. The molecule has 0 radical (unpaired) electrons. The van der Waals surface area contributed by atoms with Crippen LogP contribution in [0.4, 0.5) is 0 Å². The molecular weight excluding hydrogens is 252 g/mol. The van der Waals surface area contributed by atoms with Crippen LogP contribution in [0.15, 0.2) is 47.0 Å². The molecule has 0 bridgehead atoms. The van der Waals surface area contributed by atoms with Crippen LogP contribution >= 0.6 is 0 Å². The van der Waals surface area contributed by atoms with Gasteiger partial charge >= 0.3 is 0 Å². The van der Waals surface area contributed by atoms with Gasteiger partial charge in [0.05, 0.1) is 0 Å². The zero-order valence-electron chi connectivity index (χ0n) is 11.3. The molecule has 0 fully saturated rings. The van der Waals surface area contributed by atoms with Gasteiger partial charge in [-0.05, 0) is 37.6 Å². The summed E-state index contributed by atoms with van der Waals surface area (Å²) in [7, 11) is 0. The molecular formula is C16H14N2O2. The molecule has 4 heteroatoms. The summed E-state index contributed by atoms with van der Waals surface area (Å²) in [6, 6.07) is 12.9. The normalized spacial score (nSPS) is 10.7. The fourth-order valence-corrected chi connectivity index (χ4v) is 2.06. The first-order valence-corrected chi connectivity index (χ1v) is 6.34. The molecule has 0 aliphatic carbocycles. The van der Waals surface area contributed by atoms with Crippen molar-refractivity contribution in [2.45, 2.75) is 13.8 Å². The minimum Gasteiger partial charge on any atom is -0.508 e. The van der Waals surface area contributed by atoms with Gasteiger partial charge < -0.3 is 9.63 Å². The van der Waals surface area contributed by atoms with Gasteiger partial charge in [-0.25, -0.2) is 0 Å². The van der Waals surface area contributed by atoms with Gasteiger partial charge in [-0.1, -0.05) is 35.0 Å². The number of nitrogens with zero attached hydrogens (tertiary/aromatic N) is 2. The van der Waals surface area contributed by atoms with Crippen LogP contribution in [-0.4, -0.2) is 15.2 Å². The molecule has 0 unspecified atom stereocenters. The predicted molar refractivity (Wildman–Crippen MR) is 76.3 cm³/mol. The Balaban J connectivity index is 2.04. The van der Waals surface area contributed by atoms with Crippen molar-refractivity contribution in [2.24, 2.45) is 0 Å². The molecule has 4 nitrogen and oxygen atoms in total. The molecule has 100 valence electrons. The maximum atomic E-state index is 9.49. The molecule has 3 rings (SSSR count). The average Bonchev–Trinajstić information content (AvgIpc) is 2.91. The van der Waals surface area contributed by atoms with Crippen molar-refractivity contribution in [3.05, 3.63) is 53.6 Å². The third-order valence-electron chi connectivity index (χ3n) is 3.15. The number of aryl methyl sites for hydroxylation is 2. The Morgan fingerprint density at radius 2 is 1.90 bits per heavy atom. The standard InChI is InChI=1S/C16H14N2O2/c1-10-6-7-11(2)14(8-10)16-17-15(18-20-16)12-4-3-5-13(19)9-12/h3-9,19H,1-2H3. The number of benzene rings is 2. The van der Waals surface area contributed by atoms with E-state index in [1.807, 2.05) is 38.1 Å². The lowest BCUT2D eigenvalue weighted by molar-refractivity contribution is 0.432. The fourth-order valence-electron chi connectivity index (χ4n) is 2.06. The Hall–Kier alpha value is -2.62. The monoisotopic (exact) mass is 266 g/mol. The Labute approximate surface area is 116 Å². The van der Waals surface area contributed by atoms with Gasteiger partial charge in [-0.15, -0.1) is 0 Å². The summed E-state index contributed by atoms with van der Waals surface area (Å²) in [5, 5.41) is 13.5. The van der Waals surface area contributed by atoms with Crippen molar-refractivity contribution in [3.63, 3.8) is 0 Å². The molecule has 0 saturated heterocycles. The molecule has 1 aromatic heterocycles. The van der Waals surface area contributed by atoms with Crippen LogP contribution in [-0.2, 0) is 0 Å². The van der Waals surface area contributed by atoms with E-state index in [-0.39, 0.29) is 5.75 Å². The van der Waals surface area contributed by atoms with Gasteiger partial charge in [0.2, 0.25) is 5.82 Å². The molecule has 2 aromatic carbocycles. The molecule has 0 spiro atoms. The largest absolute Gasteiger partial charge is 0.508 e. The third kappa shape index (κ3) is 2.28. The molecule has 3 aromatic rings. The van der Waals surface area contributed by atoms with E-state index < -0.39 is 0 Å². The van der Waals surface area contributed by atoms with Crippen LogP contribution in [0.1, 0.15) is 11.1 Å². The minimum atomic E-state index is 0.181. The van der Waals surface area contributed by atoms with E-state index in [9.17, 15) is 5.11 Å². The van der Waals surface area contributed by atoms with E-state index in [4.69, 9.17) is 4.52 Å². The van der Waals surface area contributed by atoms with Crippen molar-refractivity contribution in [2.75, 3.05) is 0 Å². The first-order valence-electron chi connectivity index (χ1n) is 6.34. The van der Waals surface area contributed by atoms with Crippen LogP contribution in [0, 0.1) is 13.8 Å². The highest BCUT2D eigenvalue weighted by molar-refractivity contribution is 5.63. The molecule has 0 amide bonds. The molecule has 1 N–H and O–H groups in total. The van der Waals surface area contributed by atoms with Crippen molar-refractivity contribution in [1.82, 2.24) is 10.1 Å². The summed E-state index contributed by atoms with van der Waals surface area (Å²) in [6.07, 6.45) is 0. The second-order valence-electron chi connectivity index (χ2n) is 4.79. The Bertz CT molecular complexity index is 763. The van der Waals surface area contributed by atoms with E-state index in [1.165, 1.54) is 0 Å². The van der Waals surface area contributed by atoms with Gasteiger partial charge in [-0.3, -0.25) is 0 Å². The Kier molecular flexibility index (Phi) is 2.99.